The minimum Gasteiger partial charge on any atom is -0.485 e. The van der Waals surface area contributed by atoms with E-state index < -0.39 is 0 Å². The van der Waals surface area contributed by atoms with E-state index in [9.17, 15) is 0 Å². The summed E-state index contributed by atoms with van der Waals surface area (Å²) < 4.78 is 17.1. The molecule has 0 aliphatic carbocycles. The molecule has 7 heteroatoms. The van der Waals surface area contributed by atoms with Gasteiger partial charge in [-0.05, 0) is 43.1 Å². The Labute approximate surface area is 164 Å². The van der Waals surface area contributed by atoms with Crippen molar-refractivity contribution in [1.82, 2.24) is 20.0 Å². The third-order valence-corrected chi connectivity index (χ3v) is 4.65. The summed E-state index contributed by atoms with van der Waals surface area (Å²) in [5.74, 6) is 1.96. The van der Waals surface area contributed by atoms with E-state index in [1.165, 1.54) is 0 Å². The number of hydrogen-bond acceptors (Lipinski definition) is 7. The molecule has 0 spiro atoms. The van der Waals surface area contributed by atoms with Crippen LogP contribution in [0.4, 0.5) is 0 Å². The molecule has 1 aliphatic heterocycles. The maximum absolute atomic E-state index is 6.06. The van der Waals surface area contributed by atoms with Crippen LogP contribution in [0.25, 0.3) is 0 Å². The van der Waals surface area contributed by atoms with E-state index in [-0.39, 0.29) is 6.10 Å². The monoisotopic (exact) mass is 380 g/mol. The van der Waals surface area contributed by atoms with Crippen LogP contribution in [0.15, 0.2) is 59.4 Å². The van der Waals surface area contributed by atoms with E-state index >= 15 is 0 Å². The molecule has 1 atom stereocenters. The highest BCUT2D eigenvalue weighted by Gasteiger charge is 2.22. The summed E-state index contributed by atoms with van der Waals surface area (Å²) in [6.07, 6.45) is 5.98. The number of rotatable bonds is 8. The highest BCUT2D eigenvalue weighted by molar-refractivity contribution is 5.20. The highest BCUT2D eigenvalue weighted by atomic mass is 16.5. The number of piperidine rings is 1. The van der Waals surface area contributed by atoms with E-state index in [0.29, 0.717) is 31.5 Å². The van der Waals surface area contributed by atoms with Crippen LogP contribution in [0.1, 0.15) is 30.1 Å². The van der Waals surface area contributed by atoms with Gasteiger partial charge < -0.3 is 14.0 Å². The lowest BCUT2D eigenvalue weighted by atomic mass is 10.1. The van der Waals surface area contributed by atoms with Crippen molar-refractivity contribution in [3.63, 3.8) is 0 Å². The molecule has 3 heterocycles. The second-order valence-corrected chi connectivity index (χ2v) is 6.88. The van der Waals surface area contributed by atoms with Gasteiger partial charge in [0.25, 0.3) is 0 Å². The lowest BCUT2D eigenvalue weighted by molar-refractivity contribution is -0.0142. The Morgan fingerprint density at radius 2 is 2.04 bits per heavy atom. The summed E-state index contributed by atoms with van der Waals surface area (Å²) in [5.41, 5.74) is 1.10. The van der Waals surface area contributed by atoms with Gasteiger partial charge in [0.1, 0.15) is 5.75 Å². The van der Waals surface area contributed by atoms with Crippen molar-refractivity contribution in [2.45, 2.75) is 38.7 Å². The molecule has 7 nitrogen and oxygen atoms in total. The summed E-state index contributed by atoms with van der Waals surface area (Å²) in [6, 6.07) is 13.6. The molecule has 0 radical (unpaired) electrons. The van der Waals surface area contributed by atoms with E-state index in [2.05, 4.69) is 20.0 Å². The molecule has 1 aromatic carbocycles. The second kappa shape index (κ2) is 9.43. The van der Waals surface area contributed by atoms with Gasteiger partial charge in [-0.1, -0.05) is 29.4 Å². The summed E-state index contributed by atoms with van der Waals surface area (Å²) in [6.45, 7) is 3.38. The van der Waals surface area contributed by atoms with Crippen LogP contribution in [0.5, 0.6) is 5.75 Å². The first kappa shape index (κ1) is 18.6. The van der Waals surface area contributed by atoms with Crippen LogP contribution in [-0.2, 0) is 24.5 Å². The Hall–Kier alpha value is -2.77. The SMILES string of the molecule is c1ccc(OCc2noc(CN3CCC[C@H](OCc4cccnc4)C3)n2)cc1. The largest absolute Gasteiger partial charge is 0.485 e. The number of benzene rings is 1. The molecule has 3 aromatic rings. The van der Waals surface area contributed by atoms with Gasteiger partial charge in [-0.25, -0.2) is 0 Å². The molecule has 4 rings (SSSR count). The van der Waals surface area contributed by atoms with E-state index in [0.717, 1.165) is 37.2 Å². The highest BCUT2D eigenvalue weighted by Crippen LogP contribution is 2.17. The number of hydrogen-bond donors (Lipinski definition) is 0. The Kier molecular flexibility index (Phi) is 6.26. The summed E-state index contributed by atoms with van der Waals surface area (Å²) in [7, 11) is 0. The first-order chi connectivity index (χ1) is 13.8. The van der Waals surface area contributed by atoms with Crippen molar-refractivity contribution >= 4 is 0 Å². The Bertz CT molecular complexity index is 841. The molecule has 1 saturated heterocycles. The van der Waals surface area contributed by atoms with Crippen LogP contribution in [0, 0.1) is 0 Å². The maximum atomic E-state index is 6.06. The molecule has 0 N–H and O–H groups in total. The Morgan fingerprint density at radius 1 is 1.11 bits per heavy atom. The zero-order chi connectivity index (χ0) is 19.0. The van der Waals surface area contributed by atoms with E-state index in [1.807, 2.05) is 48.7 Å². The quantitative estimate of drug-likeness (QED) is 0.594. The Balaban J connectivity index is 1.24. The predicted molar refractivity (Wildman–Crippen MR) is 102 cm³/mol. The third kappa shape index (κ3) is 5.37. The minimum absolute atomic E-state index is 0.206. The number of pyridine rings is 1. The molecule has 0 amide bonds. The molecule has 0 unspecified atom stereocenters. The number of ether oxygens (including phenoxy) is 2. The molecular formula is C21H24N4O3. The minimum atomic E-state index is 0.206. The summed E-state index contributed by atoms with van der Waals surface area (Å²) in [4.78, 5) is 10.9. The molecule has 28 heavy (non-hydrogen) atoms. The lowest BCUT2D eigenvalue weighted by Gasteiger charge is -2.31. The van der Waals surface area contributed by atoms with Crippen LogP contribution in [-0.4, -0.2) is 39.2 Å². The van der Waals surface area contributed by atoms with Crippen LogP contribution < -0.4 is 4.74 Å². The number of likely N-dealkylation sites (tertiary alicyclic amines) is 1. The number of nitrogens with zero attached hydrogens (tertiary/aromatic N) is 4. The van der Waals surface area contributed by atoms with Crippen molar-refractivity contribution in [3.05, 3.63) is 72.1 Å². The van der Waals surface area contributed by atoms with E-state index in [4.69, 9.17) is 14.0 Å². The average molecular weight is 380 g/mol. The van der Waals surface area contributed by atoms with Crippen molar-refractivity contribution in [2.24, 2.45) is 0 Å². The molecule has 1 aliphatic rings. The molecule has 0 bridgehead atoms. The van der Waals surface area contributed by atoms with Gasteiger partial charge in [-0.2, -0.15) is 4.98 Å². The normalized spacial score (nSPS) is 17.5. The topological polar surface area (TPSA) is 73.5 Å². The van der Waals surface area contributed by atoms with Crippen LogP contribution >= 0.6 is 0 Å². The van der Waals surface area contributed by atoms with Gasteiger partial charge in [0.05, 0.1) is 19.3 Å². The number of aromatic nitrogens is 3. The predicted octanol–water partition coefficient (Wildman–Crippen LogP) is 3.22. The molecular weight excluding hydrogens is 356 g/mol. The Morgan fingerprint density at radius 3 is 2.89 bits per heavy atom. The van der Waals surface area contributed by atoms with Gasteiger partial charge in [0, 0.05) is 18.9 Å². The fraction of sp³-hybridized carbons (Fsp3) is 0.381. The van der Waals surface area contributed by atoms with Gasteiger partial charge in [0.2, 0.25) is 11.7 Å². The van der Waals surface area contributed by atoms with Gasteiger partial charge in [0.15, 0.2) is 6.61 Å². The molecule has 2 aromatic heterocycles. The molecule has 0 saturated carbocycles. The average Bonchev–Trinajstić information content (AvgIpc) is 3.20. The first-order valence-electron chi connectivity index (χ1n) is 9.57. The molecule has 146 valence electrons. The third-order valence-electron chi connectivity index (χ3n) is 4.65. The van der Waals surface area contributed by atoms with Gasteiger partial charge in [-0.3, -0.25) is 9.88 Å². The fourth-order valence-corrected chi connectivity index (χ4v) is 3.26. The van der Waals surface area contributed by atoms with Crippen molar-refractivity contribution < 1.29 is 14.0 Å². The zero-order valence-corrected chi connectivity index (χ0v) is 15.7. The van der Waals surface area contributed by atoms with Crippen LogP contribution in [0.3, 0.4) is 0 Å². The van der Waals surface area contributed by atoms with Gasteiger partial charge in [-0.15, -0.1) is 0 Å². The fourth-order valence-electron chi connectivity index (χ4n) is 3.26. The summed E-state index contributed by atoms with van der Waals surface area (Å²) >= 11 is 0. The van der Waals surface area contributed by atoms with Crippen molar-refractivity contribution in [2.75, 3.05) is 13.1 Å². The lowest BCUT2D eigenvalue weighted by Crippen LogP contribution is -2.39. The van der Waals surface area contributed by atoms with Gasteiger partial charge >= 0.3 is 0 Å². The maximum Gasteiger partial charge on any atom is 0.240 e. The first-order valence-corrected chi connectivity index (χ1v) is 9.57. The smallest absolute Gasteiger partial charge is 0.240 e. The second-order valence-electron chi connectivity index (χ2n) is 6.88. The van der Waals surface area contributed by atoms with Crippen molar-refractivity contribution in [3.8, 4) is 5.75 Å². The van der Waals surface area contributed by atoms with E-state index in [1.54, 1.807) is 6.20 Å². The molecule has 1 fully saturated rings. The number of para-hydroxylation sites is 1. The van der Waals surface area contributed by atoms with Crippen LogP contribution in [0.2, 0.25) is 0 Å². The van der Waals surface area contributed by atoms with Crippen molar-refractivity contribution in [1.29, 1.82) is 0 Å². The zero-order valence-electron chi connectivity index (χ0n) is 15.7. The standard InChI is InChI=1S/C21H24N4O3/c1-2-7-18(8-3-1)27-16-20-23-21(28-24-20)14-25-11-5-9-19(13-25)26-15-17-6-4-10-22-12-17/h1-4,6-8,10,12,19H,5,9,11,13-16H2/t19-/m0/s1. The summed E-state index contributed by atoms with van der Waals surface area (Å²) in [5, 5.41) is 4.02.